The summed E-state index contributed by atoms with van der Waals surface area (Å²) in [6.45, 7) is 5.30. The highest BCUT2D eigenvalue weighted by molar-refractivity contribution is 6.04. The quantitative estimate of drug-likeness (QED) is 0.644. The van der Waals surface area contributed by atoms with E-state index in [4.69, 9.17) is 5.73 Å². The van der Waals surface area contributed by atoms with E-state index in [0.29, 0.717) is 12.1 Å². The van der Waals surface area contributed by atoms with Gasteiger partial charge in [0.05, 0.1) is 0 Å². The van der Waals surface area contributed by atoms with E-state index in [1.165, 1.54) is 0 Å². The average Bonchev–Trinajstić information content (AvgIpc) is 2.68. The first-order chi connectivity index (χ1) is 12.3. The van der Waals surface area contributed by atoms with Gasteiger partial charge in [0.15, 0.2) is 0 Å². The Morgan fingerprint density at radius 1 is 1.00 bits per heavy atom. The van der Waals surface area contributed by atoms with Crippen molar-refractivity contribution >= 4 is 23.0 Å². The zero-order chi connectivity index (χ0) is 17.5. The third-order valence-electron chi connectivity index (χ3n) is 4.23. The highest BCUT2D eigenvalue weighted by Crippen LogP contribution is 2.18. The summed E-state index contributed by atoms with van der Waals surface area (Å²) in [5.41, 5.74) is 9.05. The number of amides is 1. The lowest BCUT2D eigenvalue weighted by Gasteiger charge is -2.29. The maximum Gasteiger partial charge on any atom is 0.255 e. The SMILES string of the molecule is NCCNc1ccc(NC(=O)c2ccc(N3CCNCC3)cc2)cc1. The molecule has 1 saturated heterocycles. The number of nitrogens with zero attached hydrogens (tertiary/aromatic N) is 1. The Kier molecular flexibility index (Phi) is 5.87. The minimum Gasteiger partial charge on any atom is -0.384 e. The molecular weight excluding hydrogens is 314 g/mol. The highest BCUT2D eigenvalue weighted by Gasteiger charge is 2.11. The molecule has 0 radical (unpaired) electrons. The van der Waals surface area contributed by atoms with Gasteiger partial charge in [0, 0.05) is 61.9 Å². The monoisotopic (exact) mass is 339 g/mol. The van der Waals surface area contributed by atoms with Crippen molar-refractivity contribution in [3.05, 3.63) is 54.1 Å². The summed E-state index contributed by atoms with van der Waals surface area (Å²) in [6, 6.07) is 15.4. The number of nitrogens with two attached hydrogens (primary N) is 1. The molecule has 3 rings (SSSR count). The molecular formula is C19H25N5O. The molecule has 25 heavy (non-hydrogen) atoms. The molecule has 132 valence electrons. The number of anilines is 3. The number of carbonyl (C=O) groups excluding carboxylic acids is 1. The smallest absolute Gasteiger partial charge is 0.255 e. The van der Waals surface area contributed by atoms with Crippen LogP contribution in [-0.4, -0.2) is 45.2 Å². The summed E-state index contributed by atoms with van der Waals surface area (Å²) < 4.78 is 0. The van der Waals surface area contributed by atoms with Gasteiger partial charge in [0.1, 0.15) is 0 Å². The van der Waals surface area contributed by atoms with Gasteiger partial charge >= 0.3 is 0 Å². The van der Waals surface area contributed by atoms with E-state index >= 15 is 0 Å². The van der Waals surface area contributed by atoms with Crippen LogP contribution < -0.4 is 26.6 Å². The molecule has 0 unspecified atom stereocenters. The fourth-order valence-electron chi connectivity index (χ4n) is 2.84. The van der Waals surface area contributed by atoms with Crippen LogP contribution in [-0.2, 0) is 0 Å². The Morgan fingerprint density at radius 3 is 2.28 bits per heavy atom. The van der Waals surface area contributed by atoms with Crippen molar-refractivity contribution in [1.29, 1.82) is 0 Å². The van der Waals surface area contributed by atoms with Crippen LogP contribution in [0.3, 0.4) is 0 Å². The molecule has 1 amide bonds. The first kappa shape index (κ1) is 17.3. The Balaban J connectivity index is 1.59. The lowest BCUT2D eigenvalue weighted by atomic mass is 10.1. The molecule has 0 saturated carbocycles. The van der Waals surface area contributed by atoms with Gasteiger partial charge in [-0.2, -0.15) is 0 Å². The number of piperazine rings is 1. The molecule has 6 heteroatoms. The zero-order valence-corrected chi connectivity index (χ0v) is 14.3. The zero-order valence-electron chi connectivity index (χ0n) is 14.3. The number of benzene rings is 2. The van der Waals surface area contributed by atoms with Crippen molar-refractivity contribution in [2.24, 2.45) is 5.73 Å². The fourth-order valence-corrected chi connectivity index (χ4v) is 2.84. The predicted molar refractivity (Wildman–Crippen MR) is 103 cm³/mol. The third kappa shape index (κ3) is 4.71. The van der Waals surface area contributed by atoms with Gasteiger partial charge in [-0.05, 0) is 48.5 Å². The maximum atomic E-state index is 12.4. The summed E-state index contributed by atoms with van der Waals surface area (Å²) in [6.07, 6.45) is 0. The molecule has 1 aliphatic heterocycles. The van der Waals surface area contributed by atoms with Gasteiger partial charge in [0.2, 0.25) is 0 Å². The van der Waals surface area contributed by atoms with E-state index in [0.717, 1.165) is 49.8 Å². The molecule has 1 fully saturated rings. The van der Waals surface area contributed by atoms with Gasteiger partial charge in [-0.15, -0.1) is 0 Å². The number of nitrogens with one attached hydrogen (secondary N) is 3. The van der Waals surface area contributed by atoms with E-state index in [2.05, 4.69) is 20.9 Å². The molecule has 5 N–H and O–H groups in total. The molecule has 0 aromatic heterocycles. The van der Waals surface area contributed by atoms with Crippen molar-refractivity contribution in [3.63, 3.8) is 0 Å². The first-order valence-electron chi connectivity index (χ1n) is 8.67. The Morgan fingerprint density at radius 2 is 1.64 bits per heavy atom. The number of rotatable bonds is 6. The van der Waals surface area contributed by atoms with Crippen molar-refractivity contribution in [2.75, 3.05) is 54.8 Å². The van der Waals surface area contributed by atoms with Crippen molar-refractivity contribution in [3.8, 4) is 0 Å². The van der Waals surface area contributed by atoms with E-state index in [1.807, 2.05) is 48.5 Å². The van der Waals surface area contributed by atoms with Gasteiger partial charge in [-0.3, -0.25) is 4.79 Å². The van der Waals surface area contributed by atoms with Crippen LogP contribution in [0.15, 0.2) is 48.5 Å². The molecule has 0 aliphatic carbocycles. The van der Waals surface area contributed by atoms with Crippen LogP contribution in [0, 0.1) is 0 Å². The summed E-state index contributed by atoms with van der Waals surface area (Å²) in [5.74, 6) is -0.102. The minimum atomic E-state index is -0.102. The van der Waals surface area contributed by atoms with Crippen molar-refractivity contribution in [1.82, 2.24) is 5.32 Å². The lowest BCUT2D eigenvalue weighted by molar-refractivity contribution is 0.102. The molecule has 0 atom stereocenters. The molecule has 0 bridgehead atoms. The minimum absolute atomic E-state index is 0.102. The number of hydrogen-bond donors (Lipinski definition) is 4. The van der Waals surface area contributed by atoms with E-state index in [1.54, 1.807) is 0 Å². The third-order valence-corrected chi connectivity index (χ3v) is 4.23. The van der Waals surface area contributed by atoms with Gasteiger partial charge in [-0.1, -0.05) is 0 Å². The summed E-state index contributed by atoms with van der Waals surface area (Å²) in [5, 5.41) is 9.46. The maximum absolute atomic E-state index is 12.4. The lowest BCUT2D eigenvalue weighted by Crippen LogP contribution is -2.43. The summed E-state index contributed by atoms with van der Waals surface area (Å²) in [7, 11) is 0. The van der Waals surface area contributed by atoms with Crippen molar-refractivity contribution in [2.45, 2.75) is 0 Å². The number of hydrogen-bond acceptors (Lipinski definition) is 5. The fraction of sp³-hybridized carbons (Fsp3) is 0.316. The van der Waals surface area contributed by atoms with Gasteiger partial charge in [0.25, 0.3) is 5.91 Å². The summed E-state index contributed by atoms with van der Waals surface area (Å²) >= 11 is 0. The van der Waals surface area contributed by atoms with Crippen LogP contribution in [0.2, 0.25) is 0 Å². The van der Waals surface area contributed by atoms with E-state index in [9.17, 15) is 4.79 Å². The molecule has 6 nitrogen and oxygen atoms in total. The molecule has 2 aromatic carbocycles. The standard InChI is InChI=1S/C19H25N5O/c20-9-10-22-16-3-5-17(6-4-16)23-19(25)15-1-7-18(8-2-15)24-13-11-21-12-14-24/h1-8,21-22H,9-14,20H2,(H,23,25). The molecule has 1 aliphatic rings. The van der Waals surface area contributed by atoms with Crippen LogP contribution >= 0.6 is 0 Å². The second-order valence-corrected chi connectivity index (χ2v) is 6.03. The van der Waals surface area contributed by atoms with Crippen LogP contribution in [0.1, 0.15) is 10.4 Å². The normalized spacial score (nSPS) is 14.2. The molecule has 1 heterocycles. The predicted octanol–water partition coefficient (Wildman–Crippen LogP) is 1.72. The second-order valence-electron chi connectivity index (χ2n) is 6.03. The molecule has 0 spiro atoms. The van der Waals surface area contributed by atoms with Crippen molar-refractivity contribution < 1.29 is 4.79 Å². The first-order valence-corrected chi connectivity index (χ1v) is 8.67. The largest absolute Gasteiger partial charge is 0.384 e. The summed E-state index contributed by atoms with van der Waals surface area (Å²) in [4.78, 5) is 14.7. The average molecular weight is 339 g/mol. The van der Waals surface area contributed by atoms with E-state index in [-0.39, 0.29) is 5.91 Å². The second kappa shape index (κ2) is 8.50. The van der Waals surface area contributed by atoms with Crippen LogP contribution in [0.25, 0.3) is 0 Å². The molecule has 2 aromatic rings. The topological polar surface area (TPSA) is 82.4 Å². The van der Waals surface area contributed by atoms with E-state index < -0.39 is 0 Å². The Labute approximate surface area is 148 Å². The number of carbonyl (C=O) groups is 1. The Bertz CT molecular complexity index is 678. The Hall–Kier alpha value is -2.57. The van der Waals surface area contributed by atoms with Crippen LogP contribution in [0.5, 0.6) is 0 Å². The van der Waals surface area contributed by atoms with Gasteiger partial charge in [-0.25, -0.2) is 0 Å². The van der Waals surface area contributed by atoms with Gasteiger partial charge < -0.3 is 26.6 Å². The highest BCUT2D eigenvalue weighted by atomic mass is 16.1. The van der Waals surface area contributed by atoms with Crippen LogP contribution in [0.4, 0.5) is 17.1 Å².